The van der Waals surface area contributed by atoms with Crippen LogP contribution in [0.1, 0.15) is 64.9 Å². The van der Waals surface area contributed by atoms with E-state index in [0.29, 0.717) is 19.6 Å². The third kappa shape index (κ3) is 5.47. The molecular formula is C35H49N3O4S. The number of fused-ring (bicyclic) bond motifs is 1. The van der Waals surface area contributed by atoms with Crippen molar-refractivity contribution < 1.29 is 19.5 Å². The Kier molecular flexibility index (Phi) is 9.76. The van der Waals surface area contributed by atoms with Gasteiger partial charge in [-0.2, -0.15) is 0 Å². The minimum atomic E-state index is -0.726. The van der Waals surface area contributed by atoms with Gasteiger partial charge in [-0.15, -0.1) is 24.9 Å². The van der Waals surface area contributed by atoms with Crippen LogP contribution in [0.5, 0.6) is 0 Å². The minimum Gasteiger partial charge on any atom is -0.394 e. The van der Waals surface area contributed by atoms with E-state index in [1.54, 1.807) is 28.8 Å². The Balaban J connectivity index is 1.57. The molecule has 7 atom stereocenters. The van der Waals surface area contributed by atoms with E-state index in [9.17, 15) is 19.5 Å². The Bertz CT molecular complexity index is 1200. The zero-order valence-electron chi connectivity index (χ0n) is 26.1. The Hall–Kier alpha value is -2.58. The zero-order valence-corrected chi connectivity index (χ0v) is 26.9. The van der Waals surface area contributed by atoms with Gasteiger partial charge in [0.2, 0.25) is 17.7 Å². The summed E-state index contributed by atoms with van der Waals surface area (Å²) in [6.07, 6.45) is 9.57. The van der Waals surface area contributed by atoms with E-state index < -0.39 is 28.7 Å². The van der Waals surface area contributed by atoms with E-state index in [0.717, 1.165) is 37.7 Å². The maximum atomic E-state index is 14.9. The lowest BCUT2D eigenvalue weighted by atomic mass is 9.65. The van der Waals surface area contributed by atoms with Gasteiger partial charge in [-0.25, -0.2) is 0 Å². The third-order valence-electron chi connectivity index (χ3n) is 10.5. The summed E-state index contributed by atoms with van der Waals surface area (Å²) in [4.78, 5) is 49.7. The van der Waals surface area contributed by atoms with Crippen LogP contribution < -0.4 is 0 Å². The van der Waals surface area contributed by atoms with E-state index in [-0.39, 0.29) is 47.5 Å². The number of hydrogen-bond donors (Lipinski definition) is 1. The van der Waals surface area contributed by atoms with Gasteiger partial charge >= 0.3 is 0 Å². The molecule has 1 aromatic rings. The van der Waals surface area contributed by atoms with Crippen molar-refractivity contribution in [3.63, 3.8) is 0 Å². The molecule has 0 radical (unpaired) electrons. The molecule has 8 heteroatoms. The van der Waals surface area contributed by atoms with Crippen LogP contribution in [0.4, 0.5) is 0 Å². The largest absolute Gasteiger partial charge is 0.394 e. The van der Waals surface area contributed by atoms with Crippen molar-refractivity contribution in [1.29, 1.82) is 0 Å². The number of carbonyl (C=O) groups is 3. The van der Waals surface area contributed by atoms with Crippen molar-refractivity contribution in [2.45, 2.75) is 94.0 Å². The van der Waals surface area contributed by atoms with E-state index in [1.807, 2.05) is 54.0 Å². The number of rotatable bonds is 12. The van der Waals surface area contributed by atoms with Crippen LogP contribution in [0, 0.1) is 23.7 Å². The Morgan fingerprint density at radius 1 is 1.09 bits per heavy atom. The number of carbonyl (C=O) groups excluding carboxylic acids is 3. The number of likely N-dealkylation sites (tertiary alicyclic amines) is 1. The maximum absolute atomic E-state index is 14.9. The summed E-state index contributed by atoms with van der Waals surface area (Å²) in [5.41, 5.74) is 1.02. The van der Waals surface area contributed by atoms with Gasteiger partial charge in [-0.3, -0.25) is 14.4 Å². The molecule has 5 rings (SSSR count). The fraction of sp³-hybridized carbons (Fsp3) is 0.629. The fourth-order valence-corrected chi connectivity index (χ4v) is 10.9. The molecule has 1 saturated carbocycles. The second kappa shape index (κ2) is 13.2. The van der Waals surface area contributed by atoms with Gasteiger partial charge in [0.1, 0.15) is 6.04 Å². The Labute approximate surface area is 261 Å². The molecule has 4 aliphatic rings. The summed E-state index contributed by atoms with van der Waals surface area (Å²) in [5, 5.41) is 10.6. The van der Waals surface area contributed by atoms with Gasteiger partial charge in [-0.1, -0.05) is 82.5 Å². The van der Waals surface area contributed by atoms with Crippen LogP contribution in [0.15, 0.2) is 55.6 Å². The molecule has 3 amide bonds. The highest BCUT2D eigenvalue weighted by molar-refractivity contribution is 8.02. The van der Waals surface area contributed by atoms with Crippen LogP contribution in [0.25, 0.3) is 0 Å². The number of aliphatic hydroxyl groups is 1. The Morgan fingerprint density at radius 2 is 1.77 bits per heavy atom. The van der Waals surface area contributed by atoms with Crippen molar-refractivity contribution in [3.05, 3.63) is 61.2 Å². The summed E-state index contributed by atoms with van der Waals surface area (Å²) in [7, 11) is 0. The van der Waals surface area contributed by atoms with E-state index >= 15 is 0 Å². The molecule has 234 valence electrons. The van der Waals surface area contributed by atoms with Gasteiger partial charge in [0.05, 0.1) is 29.2 Å². The molecule has 3 aliphatic heterocycles. The van der Waals surface area contributed by atoms with Crippen molar-refractivity contribution in [1.82, 2.24) is 14.7 Å². The molecular weight excluding hydrogens is 558 g/mol. The number of benzene rings is 1. The smallest absolute Gasteiger partial charge is 0.247 e. The molecule has 43 heavy (non-hydrogen) atoms. The van der Waals surface area contributed by atoms with Gasteiger partial charge in [-0.05, 0) is 36.7 Å². The lowest BCUT2D eigenvalue weighted by molar-refractivity contribution is -0.149. The van der Waals surface area contributed by atoms with Gasteiger partial charge < -0.3 is 19.8 Å². The summed E-state index contributed by atoms with van der Waals surface area (Å²) in [6, 6.07) is 8.79. The first-order chi connectivity index (χ1) is 20.7. The molecule has 3 saturated heterocycles. The topological polar surface area (TPSA) is 81.2 Å². The first kappa shape index (κ1) is 31.8. The van der Waals surface area contributed by atoms with Gasteiger partial charge in [0.25, 0.3) is 0 Å². The zero-order chi connectivity index (χ0) is 30.9. The number of hydrogen-bond acceptors (Lipinski definition) is 5. The molecule has 3 heterocycles. The van der Waals surface area contributed by atoms with Gasteiger partial charge in [0, 0.05) is 30.9 Å². The second-order valence-corrected chi connectivity index (χ2v) is 14.9. The van der Waals surface area contributed by atoms with Crippen LogP contribution in [-0.4, -0.2) is 85.3 Å². The standard InChI is InChI=1S/C35H49N3O4S/c1-6-18-36(21-25-14-10-8-11-15-25)32(40)29-28-20-24(5)35(43-28)30(29)33(41)38(27(22-39)23(3)4)31(35)34(42)37(19-7-2)26-16-12-9-13-17-26/h6-8,10-11,14-15,23-24,26-31,39H,1-2,9,12-13,16-22H2,3-5H3/t24?,27-,28-,29+,30-,31?,35?/m0/s1. The predicted octanol–water partition coefficient (Wildman–Crippen LogP) is 4.90. The average Bonchev–Trinajstić information content (AvgIpc) is 3.60. The highest BCUT2D eigenvalue weighted by atomic mass is 32.2. The first-order valence-corrected chi connectivity index (χ1v) is 17.0. The summed E-state index contributed by atoms with van der Waals surface area (Å²) in [5.74, 6) is -1.34. The lowest BCUT2D eigenvalue weighted by Gasteiger charge is -2.45. The number of aliphatic hydroxyl groups excluding tert-OH is 1. The molecule has 1 aromatic carbocycles. The van der Waals surface area contributed by atoms with Crippen molar-refractivity contribution in [2.24, 2.45) is 23.7 Å². The third-order valence-corrected chi connectivity index (χ3v) is 12.6. The molecule has 7 nitrogen and oxygen atoms in total. The van der Waals surface area contributed by atoms with E-state index in [2.05, 4.69) is 20.1 Å². The Morgan fingerprint density at radius 3 is 2.37 bits per heavy atom. The van der Waals surface area contributed by atoms with Crippen molar-refractivity contribution in [3.8, 4) is 0 Å². The molecule has 3 unspecified atom stereocenters. The lowest BCUT2D eigenvalue weighted by Crippen LogP contribution is -2.61. The predicted molar refractivity (Wildman–Crippen MR) is 172 cm³/mol. The van der Waals surface area contributed by atoms with E-state index in [4.69, 9.17) is 0 Å². The number of amides is 3. The molecule has 1 aliphatic carbocycles. The highest BCUT2D eigenvalue weighted by Crippen LogP contribution is 2.69. The fourth-order valence-electron chi connectivity index (χ4n) is 8.51. The van der Waals surface area contributed by atoms with Crippen LogP contribution in [0.2, 0.25) is 0 Å². The molecule has 2 bridgehead atoms. The first-order valence-electron chi connectivity index (χ1n) is 16.2. The van der Waals surface area contributed by atoms with Crippen LogP contribution >= 0.6 is 11.8 Å². The quantitative estimate of drug-likeness (QED) is 0.342. The van der Waals surface area contributed by atoms with Crippen LogP contribution in [-0.2, 0) is 20.9 Å². The minimum absolute atomic E-state index is 0.0360. The monoisotopic (exact) mass is 607 g/mol. The summed E-state index contributed by atoms with van der Waals surface area (Å²) >= 11 is 1.71. The number of nitrogens with zero attached hydrogens (tertiary/aromatic N) is 3. The van der Waals surface area contributed by atoms with Crippen molar-refractivity contribution in [2.75, 3.05) is 19.7 Å². The van der Waals surface area contributed by atoms with Gasteiger partial charge in [0.15, 0.2) is 0 Å². The maximum Gasteiger partial charge on any atom is 0.247 e. The SMILES string of the molecule is C=CCN(Cc1ccccc1)C(=O)[C@@H]1[C@@H]2CC(C)C3(S2)C(C(=O)N(CC=C)C2CCCCC2)N([C@@H](CO)C(C)C)C(=O)[C@H]13. The van der Waals surface area contributed by atoms with E-state index in [1.165, 1.54) is 6.42 Å². The molecule has 1 N–H and O–H groups in total. The molecule has 0 aromatic heterocycles. The number of thioether (sulfide) groups is 1. The summed E-state index contributed by atoms with van der Waals surface area (Å²) in [6.45, 7) is 15.1. The summed E-state index contributed by atoms with van der Waals surface area (Å²) < 4.78 is -0.720. The molecule has 1 spiro atoms. The van der Waals surface area contributed by atoms with Crippen molar-refractivity contribution >= 4 is 29.5 Å². The normalized spacial score (nSPS) is 30.8. The second-order valence-electron chi connectivity index (χ2n) is 13.4. The van der Waals surface area contributed by atoms with Crippen LogP contribution in [0.3, 0.4) is 0 Å². The highest BCUT2D eigenvalue weighted by Gasteiger charge is 2.77. The molecule has 4 fully saturated rings. The average molecular weight is 608 g/mol.